The standard InChI is InChI=1S/C18H22N2OS/c1-14-8-9-17(15(2)12-14)19-18(22)20(10-11-21)13-16-6-4-3-5-7-16/h3-9,12,21H,10-11,13H2,1-2H3,(H,19,22). The van der Waals surface area contributed by atoms with Crippen molar-refractivity contribution in [3.63, 3.8) is 0 Å². The Bertz CT molecular complexity index is 628. The van der Waals surface area contributed by atoms with Gasteiger partial charge in [0, 0.05) is 18.8 Å². The van der Waals surface area contributed by atoms with Crippen molar-refractivity contribution in [2.45, 2.75) is 20.4 Å². The molecule has 0 unspecified atom stereocenters. The normalized spacial score (nSPS) is 10.3. The molecule has 0 spiro atoms. The van der Waals surface area contributed by atoms with E-state index < -0.39 is 0 Å². The van der Waals surface area contributed by atoms with Crippen molar-refractivity contribution in [2.75, 3.05) is 18.5 Å². The Morgan fingerprint density at radius 1 is 1.14 bits per heavy atom. The van der Waals surface area contributed by atoms with Gasteiger partial charge in [-0.1, -0.05) is 48.0 Å². The monoisotopic (exact) mass is 314 g/mol. The average molecular weight is 314 g/mol. The molecule has 0 aromatic heterocycles. The van der Waals surface area contributed by atoms with Crippen LogP contribution in [0.5, 0.6) is 0 Å². The number of hydrogen-bond donors (Lipinski definition) is 2. The van der Waals surface area contributed by atoms with Gasteiger partial charge in [-0.25, -0.2) is 0 Å². The number of aliphatic hydroxyl groups is 1. The molecule has 2 aromatic rings. The molecule has 0 radical (unpaired) electrons. The lowest BCUT2D eigenvalue weighted by molar-refractivity contribution is 0.248. The predicted molar refractivity (Wildman–Crippen MR) is 96.1 cm³/mol. The lowest BCUT2D eigenvalue weighted by Crippen LogP contribution is -2.36. The minimum absolute atomic E-state index is 0.0710. The molecule has 22 heavy (non-hydrogen) atoms. The van der Waals surface area contributed by atoms with Crippen LogP contribution in [0.2, 0.25) is 0 Å². The molecule has 2 N–H and O–H groups in total. The molecule has 2 aromatic carbocycles. The Morgan fingerprint density at radius 3 is 2.50 bits per heavy atom. The summed E-state index contributed by atoms with van der Waals surface area (Å²) in [5.74, 6) is 0. The van der Waals surface area contributed by atoms with Crippen LogP contribution in [0.4, 0.5) is 5.69 Å². The molecule has 0 aliphatic carbocycles. The van der Waals surface area contributed by atoms with Crippen molar-refractivity contribution < 1.29 is 5.11 Å². The molecular weight excluding hydrogens is 292 g/mol. The van der Waals surface area contributed by atoms with Gasteiger partial charge in [0.15, 0.2) is 5.11 Å². The summed E-state index contributed by atoms with van der Waals surface area (Å²) in [6.45, 7) is 5.39. The highest BCUT2D eigenvalue weighted by atomic mass is 32.1. The third-order valence-electron chi connectivity index (χ3n) is 3.50. The highest BCUT2D eigenvalue weighted by Crippen LogP contribution is 2.17. The second-order valence-corrected chi connectivity index (χ2v) is 5.77. The molecule has 0 heterocycles. The van der Waals surface area contributed by atoms with Crippen molar-refractivity contribution in [1.82, 2.24) is 4.90 Å². The lowest BCUT2D eigenvalue weighted by atomic mass is 10.1. The maximum absolute atomic E-state index is 9.29. The zero-order valence-electron chi connectivity index (χ0n) is 13.0. The molecule has 0 amide bonds. The van der Waals surface area contributed by atoms with Gasteiger partial charge in [-0.2, -0.15) is 0 Å². The molecule has 0 aliphatic heterocycles. The van der Waals surface area contributed by atoms with Gasteiger partial charge >= 0.3 is 0 Å². The fourth-order valence-electron chi connectivity index (χ4n) is 2.33. The lowest BCUT2D eigenvalue weighted by Gasteiger charge is -2.26. The molecule has 0 atom stereocenters. The van der Waals surface area contributed by atoms with Crippen LogP contribution in [-0.2, 0) is 6.54 Å². The number of thiocarbonyl (C=S) groups is 1. The van der Waals surface area contributed by atoms with Crippen LogP contribution in [0.3, 0.4) is 0 Å². The van der Waals surface area contributed by atoms with Gasteiger partial charge < -0.3 is 15.3 Å². The Hall–Kier alpha value is -1.91. The fraction of sp³-hybridized carbons (Fsp3) is 0.278. The van der Waals surface area contributed by atoms with Crippen molar-refractivity contribution in [1.29, 1.82) is 0 Å². The molecule has 2 rings (SSSR count). The quantitative estimate of drug-likeness (QED) is 0.828. The average Bonchev–Trinajstić information content (AvgIpc) is 2.50. The second-order valence-electron chi connectivity index (χ2n) is 5.38. The summed E-state index contributed by atoms with van der Waals surface area (Å²) in [6, 6.07) is 16.3. The SMILES string of the molecule is Cc1ccc(NC(=S)N(CCO)Cc2ccccc2)c(C)c1. The number of hydrogen-bond acceptors (Lipinski definition) is 2. The summed E-state index contributed by atoms with van der Waals surface area (Å²) < 4.78 is 0. The Morgan fingerprint density at radius 2 is 1.86 bits per heavy atom. The smallest absolute Gasteiger partial charge is 0.173 e. The largest absolute Gasteiger partial charge is 0.395 e. The molecule has 0 aliphatic rings. The number of aryl methyl sites for hydroxylation is 2. The van der Waals surface area contributed by atoms with Gasteiger partial charge in [-0.05, 0) is 43.3 Å². The fourth-order valence-corrected chi connectivity index (χ4v) is 2.59. The minimum Gasteiger partial charge on any atom is -0.395 e. The highest BCUT2D eigenvalue weighted by molar-refractivity contribution is 7.80. The number of rotatable bonds is 5. The molecule has 0 fully saturated rings. The van der Waals surface area contributed by atoms with Gasteiger partial charge in [-0.15, -0.1) is 0 Å². The van der Waals surface area contributed by atoms with E-state index in [9.17, 15) is 5.11 Å². The van der Waals surface area contributed by atoms with Crippen LogP contribution in [0, 0.1) is 13.8 Å². The minimum atomic E-state index is 0.0710. The first-order chi connectivity index (χ1) is 10.6. The number of nitrogens with one attached hydrogen (secondary N) is 1. The van der Waals surface area contributed by atoms with E-state index in [0.717, 1.165) is 11.3 Å². The predicted octanol–water partition coefficient (Wildman–Crippen LogP) is 3.49. The number of benzene rings is 2. The van der Waals surface area contributed by atoms with Gasteiger partial charge in [0.2, 0.25) is 0 Å². The Kier molecular flexibility index (Phi) is 5.92. The molecular formula is C18H22N2OS. The summed E-state index contributed by atoms with van der Waals surface area (Å²) in [5, 5.41) is 13.2. The van der Waals surface area contributed by atoms with Crippen LogP contribution >= 0.6 is 12.2 Å². The van der Waals surface area contributed by atoms with E-state index in [2.05, 4.69) is 43.4 Å². The van der Waals surface area contributed by atoms with Gasteiger partial charge in [0.1, 0.15) is 0 Å². The van der Waals surface area contributed by atoms with E-state index in [1.807, 2.05) is 29.2 Å². The zero-order chi connectivity index (χ0) is 15.9. The molecule has 0 saturated carbocycles. The first-order valence-corrected chi connectivity index (χ1v) is 7.79. The van der Waals surface area contributed by atoms with Crippen LogP contribution in [0.1, 0.15) is 16.7 Å². The zero-order valence-corrected chi connectivity index (χ0v) is 13.9. The van der Waals surface area contributed by atoms with Crippen LogP contribution in [0.25, 0.3) is 0 Å². The third-order valence-corrected chi connectivity index (χ3v) is 3.86. The summed E-state index contributed by atoms with van der Waals surface area (Å²) >= 11 is 5.52. The van der Waals surface area contributed by atoms with Gasteiger partial charge in [0.05, 0.1) is 6.61 Å². The number of anilines is 1. The van der Waals surface area contributed by atoms with Crippen LogP contribution in [-0.4, -0.2) is 28.3 Å². The first-order valence-electron chi connectivity index (χ1n) is 7.38. The number of nitrogens with zero attached hydrogens (tertiary/aromatic N) is 1. The first kappa shape index (κ1) is 16.5. The summed E-state index contributed by atoms with van der Waals surface area (Å²) in [6.07, 6.45) is 0. The summed E-state index contributed by atoms with van der Waals surface area (Å²) in [5.41, 5.74) is 4.56. The molecule has 3 nitrogen and oxygen atoms in total. The topological polar surface area (TPSA) is 35.5 Å². The third kappa shape index (κ3) is 4.55. The second kappa shape index (κ2) is 7.92. The van der Waals surface area contributed by atoms with Crippen LogP contribution < -0.4 is 5.32 Å². The summed E-state index contributed by atoms with van der Waals surface area (Å²) in [4.78, 5) is 1.98. The van der Waals surface area contributed by atoms with Gasteiger partial charge in [0.25, 0.3) is 0 Å². The Labute approximate surface area is 137 Å². The Balaban J connectivity index is 2.09. The van der Waals surface area contributed by atoms with E-state index in [1.54, 1.807) is 0 Å². The maximum atomic E-state index is 9.29. The van der Waals surface area contributed by atoms with E-state index in [-0.39, 0.29) is 6.61 Å². The summed E-state index contributed by atoms with van der Waals surface area (Å²) in [7, 11) is 0. The molecule has 0 saturated heterocycles. The molecule has 0 bridgehead atoms. The van der Waals surface area contributed by atoms with Crippen molar-refractivity contribution in [3.8, 4) is 0 Å². The molecule has 4 heteroatoms. The molecule has 116 valence electrons. The van der Waals surface area contributed by atoms with Gasteiger partial charge in [-0.3, -0.25) is 0 Å². The van der Waals surface area contributed by atoms with Crippen molar-refractivity contribution in [2.24, 2.45) is 0 Å². The highest BCUT2D eigenvalue weighted by Gasteiger charge is 2.11. The van der Waals surface area contributed by atoms with E-state index >= 15 is 0 Å². The van der Waals surface area contributed by atoms with E-state index in [1.165, 1.54) is 11.1 Å². The maximum Gasteiger partial charge on any atom is 0.173 e. The van der Waals surface area contributed by atoms with E-state index in [4.69, 9.17) is 12.2 Å². The number of aliphatic hydroxyl groups excluding tert-OH is 1. The van der Waals surface area contributed by atoms with Crippen molar-refractivity contribution >= 4 is 23.0 Å². The van der Waals surface area contributed by atoms with E-state index in [0.29, 0.717) is 18.2 Å². The van der Waals surface area contributed by atoms with Crippen molar-refractivity contribution in [3.05, 3.63) is 65.2 Å². The van der Waals surface area contributed by atoms with Crippen LogP contribution in [0.15, 0.2) is 48.5 Å².